The van der Waals surface area contributed by atoms with Gasteiger partial charge in [-0.2, -0.15) is 0 Å². The number of hydrogen-bond donors (Lipinski definition) is 1. The predicted octanol–water partition coefficient (Wildman–Crippen LogP) is 2.20. The van der Waals surface area contributed by atoms with Crippen LogP contribution in [0.1, 0.15) is 51.9 Å². The highest BCUT2D eigenvalue weighted by atomic mass is 32.2. The molecular formula is C15H30N2O2S. The monoisotopic (exact) mass is 302 g/mol. The summed E-state index contributed by atoms with van der Waals surface area (Å²) in [6, 6.07) is 0.325. The fourth-order valence-corrected chi connectivity index (χ4v) is 4.92. The molecule has 0 amide bonds. The van der Waals surface area contributed by atoms with Gasteiger partial charge in [-0.1, -0.05) is 13.3 Å². The molecule has 1 aliphatic carbocycles. The Morgan fingerprint density at radius 2 is 1.95 bits per heavy atom. The first-order valence-corrected chi connectivity index (χ1v) is 9.95. The van der Waals surface area contributed by atoms with Gasteiger partial charge in [-0.05, 0) is 56.3 Å². The summed E-state index contributed by atoms with van der Waals surface area (Å²) in [4.78, 5) is 0. The summed E-state index contributed by atoms with van der Waals surface area (Å²) >= 11 is 0. The number of piperidine rings is 1. The SMILES string of the molecule is CCC1CCC(N)C(CC2CCCN(S(C)(=O)=O)C2)C1. The fourth-order valence-electron chi connectivity index (χ4n) is 3.98. The Kier molecular flexibility index (Phi) is 5.49. The van der Waals surface area contributed by atoms with Crippen molar-refractivity contribution in [3.8, 4) is 0 Å². The minimum absolute atomic E-state index is 0.325. The fraction of sp³-hybridized carbons (Fsp3) is 1.00. The number of nitrogens with zero attached hydrogens (tertiary/aromatic N) is 1. The largest absolute Gasteiger partial charge is 0.327 e. The minimum atomic E-state index is -3.03. The Morgan fingerprint density at radius 3 is 2.60 bits per heavy atom. The van der Waals surface area contributed by atoms with E-state index in [1.165, 1.54) is 25.5 Å². The van der Waals surface area contributed by atoms with Gasteiger partial charge in [-0.25, -0.2) is 12.7 Å². The zero-order valence-electron chi connectivity index (χ0n) is 12.9. The number of sulfonamides is 1. The van der Waals surface area contributed by atoms with Gasteiger partial charge in [0, 0.05) is 19.1 Å². The van der Waals surface area contributed by atoms with Crippen LogP contribution in [0.2, 0.25) is 0 Å². The second kappa shape index (κ2) is 6.75. The van der Waals surface area contributed by atoms with Crippen LogP contribution in [0.5, 0.6) is 0 Å². The first kappa shape index (κ1) is 16.2. The van der Waals surface area contributed by atoms with Crippen LogP contribution >= 0.6 is 0 Å². The quantitative estimate of drug-likeness (QED) is 0.866. The second-order valence-corrected chi connectivity index (χ2v) is 8.86. The molecule has 2 fully saturated rings. The van der Waals surface area contributed by atoms with Gasteiger partial charge in [0.25, 0.3) is 0 Å². The highest BCUT2D eigenvalue weighted by Gasteiger charge is 2.32. The van der Waals surface area contributed by atoms with E-state index in [9.17, 15) is 8.42 Å². The number of nitrogens with two attached hydrogens (primary N) is 1. The third kappa shape index (κ3) is 4.18. The molecule has 2 rings (SSSR count). The van der Waals surface area contributed by atoms with Gasteiger partial charge < -0.3 is 5.73 Å². The summed E-state index contributed by atoms with van der Waals surface area (Å²) in [5, 5.41) is 0. The van der Waals surface area contributed by atoms with Gasteiger partial charge >= 0.3 is 0 Å². The van der Waals surface area contributed by atoms with Gasteiger partial charge in [-0.3, -0.25) is 0 Å². The van der Waals surface area contributed by atoms with Crippen molar-refractivity contribution in [3.05, 3.63) is 0 Å². The molecule has 0 aromatic carbocycles. The zero-order chi connectivity index (χ0) is 14.8. The van der Waals surface area contributed by atoms with E-state index in [1.54, 1.807) is 4.31 Å². The summed E-state index contributed by atoms with van der Waals surface area (Å²) < 4.78 is 25.0. The Labute approximate surface area is 124 Å². The van der Waals surface area contributed by atoms with Crippen molar-refractivity contribution in [2.24, 2.45) is 23.5 Å². The van der Waals surface area contributed by atoms with E-state index >= 15 is 0 Å². The van der Waals surface area contributed by atoms with Crippen molar-refractivity contribution in [1.29, 1.82) is 0 Å². The van der Waals surface area contributed by atoms with Crippen molar-refractivity contribution >= 4 is 10.0 Å². The molecule has 0 aromatic heterocycles. The van der Waals surface area contributed by atoms with Crippen LogP contribution < -0.4 is 5.73 Å². The summed E-state index contributed by atoms with van der Waals surface area (Å²) in [6.07, 6.45) is 9.51. The van der Waals surface area contributed by atoms with Crippen LogP contribution in [0.25, 0.3) is 0 Å². The van der Waals surface area contributed by atoms with Gasteiger partial charge in [0.2, 0.25) is 10.0 Å². The van der Waals surface area contributed by atoms with E-state index in [1.807, 2.05) is 0 Å². The molecule has 4 unspecified atom stereocenters. The Morgan fingerprint density at radius 1 is 1.20 bits per heavy atom. The summed E-state index contributed by atoms with van der Waals surface area (Å²) in [5.41, 5.74) is 6.30. The molecule has 2 N–H and O–H groups in total. The average Bonchev–Trinajstić information content (AvgIpc) is 2.41. The highest BCUT2D eigenvalue weighted by molar-refractivity contribution is 7.88. The van der Waals surface area contributed by atoms with E-state index in [2.05, 4.69) is 6.92 Å². The molecular weight excluding hydrogens is 272 g/mol. The molecule has 1 saturated heterocycles. The predicted molar refractivity (Wildman–Crippen MR) is 82.9 cm³/mol. The first-order chi connectivity index (χ1) is 9.40. The molecule has 4 nitrogen and oxygen atoms in total. The second-order valence-electron chi connectivity index (χ2n) is 6.88. The molecule has 0 bridgehead atoms. The molecule has 4 atom stereocenters. The van der Waals surface area contributed by atoms with Crippen LogP contribution in [0.15, 0.2) is 0 Å². The maximum Gasteiger partial charge on any atom is 0.211 e. The van der Waals surface area contributed by atoms with Crippen molar-refractivity contribution in [3.63, 3.8) is 0 Å². The zero-order valence-corrected chi connectivity index (χ0v) is 13.7. The van der Waals surface area contributed by atoms with E-state index in [-0.39, 0.29) is 0 Å². The molecule has 20 heavy (non-hydrogen) atoms. The molecule has 118 valence electrons. The molecule has 1 heterocycles. The molecule has 0 spiro atoms. The Hall–Kier alpha value is -0.130. The summed E-state index contributed by atoms with van der Waals surface area (Å²) in [5.74, 6) is 1.93. The maximum absolute atomic E-state index is 11.7. The lowest BCUT2D eigenvalue weighted by molar-refractivity contribution is 0.164. The maximum atomic E-state index is 11.7. The molecule has 5 heteroatoms. The lowest BCUT2D eigenvalue weighted by Gasteiger charge is -2.38. The van der Waals surface area contributed by atoms with Crippen LogP contribution in [0.3, 0.4) is 0 Å². The summed E-state index contributed by atoms with van der Waals surface area (Å²) in [7, 11) is -3.03. The van der Waals surface area contributed by atoms with Gasteiger partial charge in [-0.15, -0.1) is 0 Å². The average molecular weight is 302 g/mol. The van der Waals surface area contributed by atoms with Crippen LogP contribution in [0, 0.1) is 17.8 Å². The smallest absolute Gasteiger partial charge is 0.211 e. The van der Waals surface area contributed by atoms with Crippen molar-refractivity contribution in [2.45, 2.75) is 57.9 Å². The molecule has 0 aromatic rings. The lowest BCUT2D eigenvalue weighted by atomic mass is 9.73. The van der Waals surface area contributed by atoms with E-state index in [4.69, 9.17) is 5.73 Å². The normalized spacial score (nSPS) is 37.0. The first-order valence-electron chi connectivity index (χ1n) is 8.10. The van der Waals surface area contributed by atoms with Gasteiger partial charge in [0.05, 0.1) is 6.26 Å². The summed E-state index contributed by atoms with van der Waals surface area (Å²) in [6.45, 7) is 3.67. The van der Waals surface area contributed by atoms with Crippen molar-refractivity contribution in [1.82, 2.24) is 4.31 Å². The lowest BCUT2D eigenvalue weighted by Crippen LogP contribution is -2.42. The molecule has 2 aliphatic rings. The molecule has 0 radical (unpaired) electrons. The van der Waals surface area contributed by atoms with Gasteiger partial charge in [0.1, 0.15) is 0 Å². The number of rotatable bonds is 4. The van der Waals surface area contributed by atoms with E-state index in [0.29, 0.717) is 31.0 Å². The van der Waals surface area contributed by atoms with Crippen LogP contribution in [-0.4, -0.2) is 38.1 Å². The topological polar surface area (TPSA) is 63.4 Å². The van der Waals surface area contributed by atoms with E-state index < -0.39 is 10.0 Å². The standard InChI is InChI=1S/C15H30N2O2S/c1-3-12-6-7-15(16)14(9-12)10-13-5-4-8-17(11-13)20(2,18)19/h12-15H,3-11,16H2,1-2H3. The Bertz CT molecular complexity index is 410. The van der Waals surface area contributed by atoms with Crippen LogP contribution in [-0.2, 0) is 10.0 Å². The van der Waals surface area contributed by atoms with Crippen molar-refractivity contribution in [2.75, 3.05) is 19.3 Å². The van der Waals surface area contributed by atoms with Gasteiger partial charge in [0.15, 0.2) is 0 Å². The molecule has 1 saturated carbocycles. The van der Waals surface area contributed by atoms with Crippen LogP contribution in [0.4, 0.5) is 0 Å². The van der Waals surface area contributed by atoms with E-state index in [0.717, 1.165) is 31.6 Å². The Balaban J connectivity index is 1.91. The molecule has 1 aliphatic heterocycles. The minimum Gasteiger partial charge on any atom is -0.327 e. The highest BCUT2D eigenvalue weighted by Crippen LogP contribution is 2.36. The third-order valence-corrected chi connectivity index (χ3v) is 6.58. The van der Waals surface area contributed by atoms with Crippen molar-refractivity contribution < 1.29 is 8.42 Å². The third-order valence-electron chi connectivity index (χ3n) is 5.31. The number of hydrogen-bond acceptors (Lipinski definition) is 3.